The van der Waals surface area contributed by atoms with Crippen molar-refractivity contribution in [2.45, 2.75) is 24.7 Å². The third-order valence-corrected chi connectivity index (χ3v) is 6.02. The molecule has 1 heterocycles. The molecule has 1 fully saturated rings. The zero-order valence-electron chi connectivity index (χ0n) is 14.6. The van der Waals surface area contributed by atoms with Crippen LogP contribution in [0.5, 0.6) is 0 Å². The molecule has 0 atom stereocenters. The van der Waals surface area contributed by atoms with Crippen LogP contribution in [0, 0.1) is 11.3 Å². The Balaban J connectivity index is 1.96. The predicted molar refractivity (Wildman–Crippen MR) is 92.4 cm³/mol. The molecule has 1 saturated heterocycles. The maximum absolute atomic E-state index is 12.7. The molecule has 0 N–H and O–H groups in total. The summed E-state index contributed by atoms with van der Waals surface area (Å²) in [6.45, 7) is 2.75. The number of amides is 1. The van der Waals surface area contributed by atoms with Crippen molar-refractivity contribution in [2.24, 2.45) is 0 Å². The Labute approximate surface area is 153 Å². The highest BCUT2D eigenvalue weighted by atomic mass is 32.2. The number of carbonyl (C=O) groups excluding carboxylic acids is 2. The van der Waals surface area contributed by atoms with Crippen molar-refractivity contribution in [1.29, 1.82) is 5.26 Å². The summed E-state index contributed by atoms with van der Waals surface area (Å²) in [6, 6.07) is 7.94. The van der Waals surface area contributed by atoms with Gasteiger partial charge in [0, 0.05) is 32.6 Å². The molecule has 26 heavy (non-hydrogen) atoms. The van der Waals surface area contributed by atoms with E-state index in [9.17, 15) is 18.0 Å². The molecule has 1 aliphatic heterocycles. The van der Waals surface area contributed by atoms with Gasteiger partial charge in [-0.25, -0.2) is 8.42 Å². The van der Waals surface area contributed by atoms with E-state index in [-0.39, 0.29) is 62.0 Å². The molecule has 1 amide bonds. The molecule has 1 aromatic rings. The Kier molecular flexibility index (Phi) is 6.71. The first kappa shape index (κ1) is 19.9. The van der Waals surface area contributed by atoms with Gasteiger partial charge in [0.05, 0.1) is 23.5 Å². The number of nitrogens with zero attached hydrogens (tertiary/aromatic N) is 3. The molecule has 1 aromatic carbocycles. The van der Waals surface area contributed by atoms with Crippen molar-refractivity contribution in [3.8, 4) is 6.07 Å². The van der Waals surface area contributed by atoms with Crippen molar-refractivity contribution in [3.63, 3.8) is 0 Å². The summed E-state index contributed by atoms with van der Waals surface area (Å²) in [5, 5.41) is 9.11. The zero-order chi connectivity index (χ0) is 19.2. The number of sulfonamides is 1. The number of carbonyl (C=O) groups is 2. The molecule has 140 valence electrons. The molecule has 0 unspecified atom stereocenters. The minimum absolute atomic E-state index is 0.0146. The molecule has 0 aliphatic carbocycles. The van der Waals surface area contributed by atoms with Crippen LogP contribution in [-0.4, -0.2) is 62.3 Å². The zero-order valence-corrected chi connectivity index (χ0v) is 15.4. The molecule has 0 saturated carbocycles. The summed E-state index contributed by atoms with van der Waals surface area (Å²) in [5.41, 5.74) is 0.0976. The molecule has 2 rings (SSSR count). The van der Waals surface area contributed by atoms with Crippen LogP contribution in [0.15, 0.2) is 29.2 Å². The van der Waals surface area contributed by atoms with Gasteiger partial charge in [-0.3, -0.25) is 9.59 Å². The summed E-state index contributed by atoms with van der Waals surface area (Å²) in [6.07, 6.45) is 0.0591. The van der Waals surface area contributed by atoms with Gasteiger partial charge in [0.25, 0.3) is 0 Å². The van der Waals surface area contributed by atoms with Crippen LogP contribution in [0.2, 0.25) is 0 Å². The monoisotopic (exact) mass is 379 g/mol. The molecule has 0 bridgehead atoms. The van der Waals surface area contributed by atoms with E-state index in [0.29, 0.717) is 0 Å². The number of hydrogen-bond acceptors (Lipinski definition) is 6. The largest absolute Gasteiger partial charge is 0.466 e. The van der Waals surface area contributed by atoms with Crippen LogP contribution < -0.4 is 0 Å². The molecular weight excluding hydrogens is 358 g/mol. The van der Waals surface area contributed by atoms with Gasteiger partial charge < -0.3 is 9.64 Å². The number of hydrogen-bond donors (Lipinski definition) is 0. The lowest BCUT2D eigenvalue weighted by Crippen LogP contribution is -2.50. The number of nitriles is 1. The minimum atomic E-state index is -3.79. The number of rotatable bonds is 6. The van der Waals surface area contributed by atoms with Gasteiger partial charge in [-0.1, -0.05) is 12.1 Å². The third kappa shape index (κ3) is 4.59. The second-order valence-corrected chi connectivity index (χ2v) is 7.60. The Morgan fingerprint density at radius 3 is 2.42 bits per heavy atom. The van der Waals surface area contributed by atoms with Gasteiger partial charge in [0.2, 0.25) is 15.9 Å². The first-order valence-corrected chi connectivity index (χ1v) is 9.76. The third-order valence-electron chi connectivity index (χ3n) is 4.06. The molecule has 1 aliphatic rings. The van der Waals surface area contributed by atoms with Crippen LogP contribution >= 0.6 is 0 Å². The van der Waals surface area contributed by atoms with Crippen LogP contribution in [-0.2, 0) is 24.3 Å². The van der Waals surface area contributed by atoms with E-state index in [4.69, 9.17) is 10.00 Å². The molecule has 0 spiro atoms. The highest BCUT2D eigenvalue weighted by molar-refractivity contribution is 7.89. The summed E-state index contributed by atoms with van der Waals surface area (Å²) in [7, 11) is -3.79. The van der Waals surface area contributed by atoms with E-state index in [2.05, 4.69) is 0 Å². The summed E-state index contributed by atoms with van der Waals surface area (Å²) >= 11 is 0. The second-order valence-electron chi connectivity index (χ2n) is 5.70. The van der Waals surface area contributed by atoms with Crippen molar-refractivity contribution in [3.05, 3.63) is 29.8 Å². The van der Waals surface area contributed by atoms with Crippen molar-refractivity contribution in [2.75, 3.05) is 32.8 Å². The lowest BCUT2D eigenvalue weighted by Gasteiger charge is -2.34. The van der Waals surface area contributed by atoms with Crippen molar-refractivity contribution >= 4 is 21.9 Å². The quantitative estimate of drug-likeness (QED) is 0.675. The highest BCUT2D eigenvalue weighted by Crippen LogP contribution is 2.21. The van der Waals surface area contributed by atoms with Crippen LogP contribution in [0.1, 0.15) is 25.3 Å². The summed E-state index contributed by atoms with van der Waals surface area (Å²) in [4.78, 5) is 25.0. The SMILES string of the molecule is CCOC(=O)CCC(=O)N1CCN(S(=O)(=O)c2ccccc2C#N)CC1. The van der Waals surface area contributed by atoms with E-state index in [0.717, 1.165) is 0 Å². The second kappa shape index (κ2) is 8.78. The predicted octanol–water partition coefficient (Wildman–Crippen LogP) is 0.734. The number of ether oxygens (including phenoxy) is 1. The van der Waals surface area contributed by atoms with Crippen LogP contribution in [0.3, 0.4) is 0 Å². The first-order valence-electron chi connectivity index (χ1n) is 8.32. The van der Waals surface area contributed by atoms with Crippen molar-refractivity contribution in [1.82, 2.24) is 9.21 Å². The average molecular weight is 379 g/mol. The molecular formula is C17H21N3O5S. The molecule has 8 nitrogen and oxygen atoms in total. The minimum Gasteiger partial charge on any atom is -0.466 e. The fourth-order valence-corrected chi connectivity index (χ4v) is 4.27. The molecule has 9 heteroatoms. The van der Waals surface area contributed by atoms with Gasteiger partial charge in [0.15, 0.2) is 0 Å². The fourth-order valence-electron chi connectivity index (χ4n) is 2.70. The van der Waals surface area contributed by atoms with E-state index >= 15 is 0 Å². The smallest absolute Gasteiger partial charge is 0.306 e. The number of piperazine rings is 1. The normalized spacial score (nSPS) is 15.3. The molecule has 0 aromatic heterocycles. The first-order chi connectivity index (χ1) is 12.4. The van der Waals surface area contributed by atoms with Gasteiger partial charge in [-0.05, 0) is 19.1 Å². The maximum atomic E-state index is 12.7. The highest BCUT2D eigenvalue weighted by Gasteiger charge is 2.31. The Morgan fingerprint density at radius 1 is 1.15 bits per heavy atom. The molecule has 0 radical (unpaired) electrons. The Morgan fingerprint density at radius 2 is 1.81 bits per heavy atom. The van der Waals surface area contributed by atoms with E-state index < -0.39 is 16.0 Å². The summed E-state index contributed by atoms with van der Waals surface area (Å²) in [5.74, 6) is -0.622. The van der Waals surface area contributed by atoms with Gasteiger partial charge >= 0.3 is 5.97 Å². The van der Waals surface area contributed by atoms with Crippen molar-refractivity contribution < 1.29 is 22.7 Å². The topological polar surface area (TPSA) is 108 Å². The van der Waals surface area contributed by atoms with E-state index in [1.165, 1.54) is 16.4 Å². The van der Waals surface area contributed by atoms with Gasteiger partial charge in [-0.15, -0.1) is 0 Å². The van der Waals surface area contributed by atoms with Gasteiger partial charge in [-0.2, -0.15) is 9.57 Å². The lowest BCUT2D eigenvalue weighted by atomic mass is 10.2. The van der Waals surface area contributed by atoms with Crippen LogP contribution in [0.4, 0.5) is 0 Å². The fraction of sp³-hybridized carbons (Fsp3) is 0.471. The Bertz CT molecular complexity index is 808. The standard InChI is InChI=1S/C17H21N3O5S/c1-2-25-17(22)8-7-16(21)19-9-11-20(12-10-19)26(23,24)15-6-4-3-5-14(15)13-18/h3-6H,2,7-12H2,1H3. The summed E-state index contributed by atoms with van der Waals surface area (Å²) < 4.78 is 31.5. The lowest BCUT2D eigenvalue weighted by molar-refractivity contribution is -0.145. The van der Waals surface area contributed by atoms with Crippen LogP contribution in [0.25, 0.3) is 0 Å². The number of benzene rings is 1. The Hall–Kier alpha value is -2.44. The maximum Gasteiger partial charge on any atom is 0.306 e. The van der Waals surface area contributed by atoms with E-state index in [1.807, 2.05) is 6.07 Å². The number of esters is 1. The van der Waals surface area contributed by atoms with Gasteiger partial charge in [0.1, 0.15) is 6.07 Å². The van der Waals surface area contributed by atoms with E-state index in [1.54, 1.807) is 24.0 Å². The average Bonchev–Trinajstić information content (AvgIpc) is 2.66.